The Hall–Kier alpha value is -3.22. The van der Waals surface area contributed by atoms with Crippen molar-refractivity contribution in [2.24, 2.45) is 0 Å². The summed E-state index contributed by atoms with van der Waals surface area (Å²) in [5.41, 5.74) is 1.47. The van der Waals surface area contributed by atoms with E-state index in [9.17, 15) is 9.59 Å². The summed E-state index contributed by atoms with van der Waals surface area (Å²) in [6.07, 6.45) is -0.746. The number of carbonyl (C=O) groups is 1. The van der Waals surface area contributed by atoms with Crippen molar-refractivity contribution in [2.75, 3.05) is 11.9 Å². The Morgan fingerprint density at radius 1 is 1.17 bits per heavy atom. The van der Waals surface area contributed by atoms with E-state index < -0.39 is 11.9 Å². The zero-order valence-electron chi connectivity index (χ0n) is 11.9. The number of rotatable bonds is 2. The maximum Gasteiger partial charge on any atom is 0.417 e. The minimum absolute atomic E-state index is 0.133. The molecule has 2 N–H and O–H groups in total. The van der Waals surface area contributed by atoms with Crippen molar-refractivity contribution >= 4 is 22.7 Å². The number of nitrogens with one attached hydrogen (secondary N) is 2. The molecule has 7 nitrogen and oxygen atoms in total. The molecule has 2 heterocycles. The summed E-state index contributed by atoms with van der Waals surface area (Å²) in [6.45, 7) is 0.133. The Morgan fingerprint density at radius 2 is 2.00 bits per heavy atom. The Labute approximate surface area is 129 Å². The second kappa shape index (κ2) is 5.20. The number of ether oxygens (including phenoxy) is 2. The molecular weight excluding hydrogens is 300 g/mol. The average molecular weight is 312 g/mol. The van der Waals surface area contributed by atoms with Crippen LogP contribution in [0, 0.1) is 0 Å². The highest BCUT2D eigenvalue weighted by atomic mass is 16.6. The molecule has 4 rings (SSSR count). The first-order chi connectivity index (χ1) is 11.2. The molecule has 1 aliphatic heterocycles. The molecule has 7 heteroatoms. The molecule has 1 unspecified atom stereocenters. The van der Waals surface area contributed by atoms with Crippen molar-refractivity contribution in [2.45, 2.75) is 6.10 Å². The molecule has 0 saturated heterocycles. The lowest BCUT2D eigenvalue weighted by Crippen LogP contribution is -2.40. The molecule has 1 amide bonds. The number of amides is 1. The molecule has 0 radical (unpaired) electrons. The third-order valence-electron chi connectivity index (χ3n) is 3.49. The van der Waals surface area contributed by atoms with Crippen LogP contribution in [0.15, 0.2) is 51.7 Å². The van der Waals surface area contributed by atoms with E-state index in [2.05, 4.69) is 10.3 Å². The second-order valence-corrected chi connectivity index (χ2v) is 5.08. The Morgan fingerprint density at radius 3 is 2.87 bits per heavy atom. The number of hydrogen-bond acceptors (Lipinski definition) is 5. The molecular formula is C16H12N2O5. The van der Waals surface area contributed by atoms with Crippen LogP contribution in [0.25, 0.3) is 11.1 Å². The molecule has 3 aromatic rings. The number of fused-ring (bicyclic) bond motifs is 2. The Kier molecular flexibility index (Phi) is 3.04. The highest BCUT2D eigenvalue weighted by molar-refractivity contribution is 5.96. The molecule has 1 aliphatic rings. The minimum atomic E-state index is -0.746. The first-order valence-electron chi connectivity index (χ1n) is 7.01. The predicted octanol–water partition coefficient (Wildman–Crippen LogP) is 1.90. The van der Waals surface area contributed by atoms with E-state index in [0.29, 0.717) is 28.3 Å². The number of carbonyl (C=O) groups excluding carboxylic acids is 1. The molecule has 0 saturated carbocycles. The van der Waals surface area contributed by atoms with Crippen LogP contribution in [0.3, 0.4) is 0 Å². The number of benzene rings is 2. The highest BCUT2D eigenvalue weighted by Crippen LogP contribution is 2.31. The summed E-state index contributed by atoms with van der Waals surface area (Å²) in [6, 6.07) is 12.1. The van der Waals surface area contributed by atoms with Crippen LogP contribution in [0.4, 0.5) is 5.69 Å². The summed E-state index contributed by atoms with van der Waals surface area (Å²) >= 11 is 0. The number of aromatic amines is 1. The van der Waals surface area contributed by atoms with Crippen LogP contribution in [-0.4, -0.2) is 23.6 Å². The van der Waals surface area contributed by atoms with Crippen molar-refractivity contribution in [1.29, 1.82) is 0 Å². The van der Waals surface area contributed by atoms with Crippen LogP contribution < -0.4 is 20.5 Å². The third kappa shape index (κ3) is 2.52. The maximum absolute atomic E-state index is 12.3. The fourth-order valence-electron chi connectivity index (χ4n) is 2.40. The summed E-state index contributed by atoms with van der Waals surface area (Å²) in [4.78, 5) is 26.0. The molecule has 0 bridgehead atoms. The Bertz CT molecular complexity index is 943. The van der Waals surface area contributed by atoms with Crippen molar-refractivity contribution in [3.8, 4) is 11.5 Å². The lowest BCUT2D eigenvalue weighted by Gasteiger charge is -2.25. The molecule has 0 aliphatic carbocycles. The van der Waals surface area contributed by atoms with Crippen molar-refractivity contribution in [3.63, 3.8) is 0 Å². The summed E-state index contributed by atoms with van der Waals surface area (Å²) in [7, 11) is 0. The van der Waals surface area contributed by atoms with Gasteiger partial charge in [0.05, 0.1) is 5.52 Å². The number of anilines is 1. The van der Waals surface area contributed by atoms with Crippen molar-refractivity contribution < 1.29 is 18.7 Å². The molecule has 1 aromatic heterocycles. The van der Waals surface area contributed by atoms with Gasteiger partial charge in [-0.05, 0) is 30.3 Å². The molecule has 23 heavy (non-hydrogen) atoms. The number of para-hydroxylation sites is 2. The number of H-pyrrole nitrogens is 1. The van der Waals surface area contributed by atoms with E-state index in [0.717, 1.165) is 0 Å². The van der Waals surface area contributed by atoms with Gasteiger partial charge >= 0.3 is 5.76 Å². The van der Waals surface area contributed by atoms with Gasteiger partial charge in [0, 0.05) is 5.69 Å². The number of oxazole rings is 1. The van der Waals surface area contributed by atoms with E-state index in [-0.39, 0.29) is 12.5 Å². The SMILES string of the molecule is O=C(Nc1ccc2oc(=O)[nH]c2c1)C1COc2ccccc2O1. The zero-order valence-corrected chi connectivity index (χ0v) is 11.9. The van der Waals surface area contributed by atoms with Gasteiger partial charge in [0.2, 0.25) is 6.10 Å². The topological polar surface area (TPSA) is 93.6 Å². The Balaban J connectivity index is 1.52. The average Bonchev–Trinajstić information content (AvgIpc) is 2.93. The van der Waals surface area contributed by atoms with Gasteiger partial charge in [0.15, 0.2) is 17.1 Å². The van der Waals surface area contributed by atoms with Gasteiger partial charge in [-0.25, -0.2) is 4.79 Å². The van der Waals surface area contributed by atoms with Gasteiger partial charge in [0.1, 0.15) is 6.61 Å². The molecule has 116 valence electrons. The molecule has 2 aromatic carbocycles. The summed E-state index contributed by atoms with van der Waals surface area (Å²) < 4.78 is 16.1. The maximum atomic E-state index is 12.3. The fourth-order valence-corrected chi connectivity index (χ4v) is 2.40. The van der Waals surface area contributed by atoms with Gasteiger partial charge in [-0.15, -0.1) is 0 Å². The fraction of sp³-hybridized carbons (Fsp3) is 0.125. The molecule has 1 atom stereocenters. The normalized spacial score (nSPS) is 16.3. The number of hydrogen-bond donors (Lipinski definition) is 2. The zero-order chi connectivity index (χ0) is 15.8. The van der Waals surface area contributed by atoms with E-state index in [1.165, 1.54) is 0 Å². The standard InChI is InChI=1S/C16H12N2O5/c19-15(14-8-21-12-3-1-2-4-13(12)22-14)17-9-5-6-11-10(7-9)18-16(20)23-11/h1-7,14H,8H2,(H,17,19)(H,18,20). The number of aromatic nitrogens is 1. The van der Waals surface area contributed by atoms with Crippen LogP contribution in [-0.2, 0) is 4.79 Å². The van der Waals surface area contributed by atoms with Crippen molar-refractivity contribution in [3.05, 3.63) is 53.0 Å². The third-order valence-corrected chi connectivity index (χ3v) is 3.49. The minimum Gasteiger partial charge on any atom is -0.485 e. The van der Waals surface area contributed by atoms with Crippen LogP contribution in [0.5, 0.6) is 11.5 Å². The second-order valence-electron chi connectivity index (χ2n) is 5.08. The van der Waals surface area contributed by atoms with Crippen LogP contribution >= 0.6 is 0 Å². The smallest absolute Gasteiger partial charge is 0.417 e. The van der Waals surface area contributed by atoms with E-state index in [1.807, 2.05) is 12.1 Å². The van der Waals surface area contributed by atoms with Crippen molar-refractivity contribution in [1.82, 2.24) is 4.98 Å². The lowest BCUT2D eigenvalue weighted by atomic mass is 10.2. The van der Waals surface area contributed by atoms with Gasteiger partial charge in [-0.1, -0.05) is 12.1 Å². The van der Waals surface area contributed by atoms with Gasteiger partial charge < -0.3 is 19.2 Å². The molecule has 0 spiro atoms. The van der Waals surface area contributed by atoms with E-state index in [1.54, 1.807) is 30.3 Å². The quantitative estimate of drug-likeness (QED) is 0.754. The lowest BCUT2D eigenvalue weighted by molar-refractivity contribution is -0.125. The van der Waals surface area contributed by atoms with E-state index >= 15 is 0 Å². The first kappa shape index (κ1) is 13.4. The predicted molar refractivity (Wildman–Crippen MR) is 81.8 cm³/mol. The highest BCUT2D eigenvalue weighted by Gasteiger charge is 2.27. The summed E-state index contributed by atoms with van der Waals surface area (Å²) in [5.74, 6) is 0.288. The first-order valence-corrected chi connectivity index (χ1v) is 7.01. The van der Waals surface area contributed by atoms with Gasteiger partial charge in [-0.3, -0.25) is 9.78 Å². The summed E-state index contributed by atoms with van der Waals surface area (Å²) in [5, 5.41) is 2.74. The largest absolute Gasteiger partial charge is 0.485 e. The monoisotopic (exact) mass is 312 g/mol. The van der Waals surface area contributed by atoms with Gasteiger partial charge in [-0.2, -0.15) is 0 Å². The molecule has 0 fully saturated rings. The van der Waals surface area contributed by atoms with Crippen LogP contribution in [0.1, 0.15) is 0 Å². The van der Waals surface area contributed by atoms with Gasteiger partial charge in [0.25, 0.3) is 5.91 Å². The van der Waals surface area contributed by atoms with Crippen LogP contribution in [0.2, 0.25) is 0 Å². The van der Waals surface area contributed by atoms with E-state index in [4.69, 9.17) is 13.9 Å².